The Labute approximate surface area is 289 Å². The van der Waals surface area contributed by atoms with Gasteiger partial charge in [0.25, 0.3) is 0 Å². The maximum atomic E-state index is 12.6. The second kappa shape index (κ2) is 31.3. The number of carbonyl (C=O) groups is 3. The number of quaternary nitrogens is 1. The van der Waals surface area contributed by atoms with Crippen molar-refractivity contribution in [2.75, 3.05) is 41.0 Å². The molecule has 2 atom stereocenters. The zero-order valence-corrected chi connectivity index (χ0v) is 31.2. The maximum Gasteiger partial charge on any atom is 0.306 e. The van der Waals surface area contributed by atoms with Crippen molar-refractivity contribution in [2.45, 2.75) is 180 Å². The topological polar surface area (TPSA) is 102 Å². The van der Waals surface area contributed by atoms with E-state index in [1.54, 1.807) is 21.1 Å². The molecule has 0 radical (unpaired) electrons. The average molecular weight is 668 g/mol. The number of ether oxygens (including phenoxy) is 3. The molecule has 2 unspecified atom stereocenters. The van der Waals surface area contributed by atoms with Gasteiger partial charge in [-0.25, -0.2) is 0 Å². The summed E-state index contributed by atoms with van der Waals surface area (Å²) < 4.78 is 17.1. The van der Waals surface area contributed by atoms with Gasteiger partial charge >= 0.3 is 11.9 Å². The fourth-order valence-corrected chi connectivity index (χ4v) is 5.59. The lowest BCUT2D eigenvalue weighted by Gasteiger charge is -2.34. The van der Waals surface area contributed by atoms with E-state index < -0.39 is 18.1 Å². The summed E-state index contributed by atoms with van der Waals surface area (Å²) in [5, 5.41) is 11.6. The van der Waals surface area contributed by atoms with E-state index in [0.717, 1.165) is 51.4 Å². The number of carboxylic acid groups (broad SMARTS) is 1. The molecule has 0 heterocycles. The molecule has 0 spiro atoms. The molecular formula is C39H73NO7. The number of hydrogen-bond donors (Lipinski definition) is 0. The fraction of sp³-hybridized carbons (Fsp3) is 0.872. The summed E-state index contributed by atoms with van der Waals surface area (Å²) >= 11 is 0. The van der Waals surface area contributed by atoms with Crippen molar-refractivity contribution >= 4 is 17.9 Å². The molecule has 0 aliphatic rings. The van der Waals surface area contributed by atoms with Crippen molar-refractivity contribution in [2.24, 2.45) is 0 Å². The molecule has 0 aliphatic heterocycles. The first-order valence-corrected chi connectivity index (χ1v) is 19.2. The molecule has 0 N–H and O–H groups in total. The van der Waals surface area contributed by atoms with Gasteiger partial charge in [0, 0.05) is 19.3 Å². The quantitative estimate of drug-likeness (QED) is 0.0295. The van der Waals surface area contributed by atoms with Crippen LogP contribution in [0.15, 0.2) is 12.2 Å². The second-order valence-electron chi connectivity index (χ2n) is 14.2. The normalized spacial score (nSPS) is 13.1. The van der Waals surface area contributed by atoms with Gasteiger partial charge < -0.3 is 28.6 Å². The summed E-state index contributed by atoms with van der Waals surface area (Å²) in [5.41, 5.74) is 0. The van der Waals surface area contributed by atoms with Crippen LogP contribution in [0.5, 0.6) is 0 Å². The molecule has 0 aromatic carbocycles. The summed E-state index contributed by atoms with van der Waals surface area (Å²) in [4.78, 5) is 36.6. The summed E-state index contributed by atoms with van der Waals surface area (Å²) in [5.74, 6) is -1.74. The van der Waals surface area contributed by atoms with Crippen molar-refractivity contribution in [3.63, 3.8) is 0 Å². The Morgan fingerprint density at radius 2 is 1.06 bits per heavy atom. The third-order valence-corrected chi connectivity index (χ3v) is 8.65. The van der Waals surface area contributed by atoms with E-state index in [2.05, 4.69) is 26.0 Å². The Balaban J connectivity index is 4.43. The molecule has 0 rings (SSSR count). The van der Waals surface area contributed by atoms with Crippen molar-refractivity contribution in [3.05, 3.63) is 12.2 Å². The van der Waals surface area contributed by atoms with Crippen LogP contribution in [0.3, 0.4) is 0 Å². The first-order chi connectivity index (χ1) is 22.6. The first-order valence-electron chi connectivity index (χ1n) is 19.2. The van der Waals surface area contributed by atoms with E-state index in [1.165, 1.54) is 83.5 Å². The fourth-order valence-electron chi connectivity index (χ4n) is 5.59. The number of unbranched alkanes of at least 4 members (excludes halogenated alkanes) is 18. The van der Waals surface area contributed by atoms with Crippen LogP contribution in [0.2, 0.25) is 0 Å². The number of carbonyl (C=O) groups excluding carboxylic acids is 3. The lowest BCUT2D eigenvalue weighted by Crippen LogP contribution is -2.55. The van der Waals surface area contributed by atoms with Crippen molar-refractivity contribution in [3.8, 4) is 0 Å². The molecule has 0 bridgehead atoms. The van der Waals surface area contributed by atoms with Gasteiger partial charge in [-0.1, -0.05) is 122 Å². The third-order valence-electron chi connectivity index (χ3n) is 8.65. The van der Waals surface area contributed by atoms with Crippen LogP contribution in [-0.2, 0) is 28.6 Å². The third kappa shape index (κ3) is 29.9. The minimum absolute atomic E-state index is 0.0420. The number of nitrogens with zero attached hydrogens (tertiary/aromatic N) is 1. The summed E-state index contributed by atoms with van der Waals surface area (Å²) in [6.07, 6.45) is 29.4. The predicted molar refractivity (Wildman–Crippen MR) is 190 cm³/mol. The summed E-state index contributed by atoms with van der Waals surface area (Å²) in [6, 6.07) is -0.721. The molecule has 0 fully saturated rings. The highest BCUT2D eigenvalue weighted by Gasteiger charge is 2.25. The smallest absolute Gasteiger partial charge is 0.306 e. The van der Waals surface area contributed by atoms with Gasteiger partial charge in [0.15, 0.2) is 6.10 Å². The SMILES string of the molecule is CCCCC/C=C\CCCCCCCC(=O)OC(COCCC(C(=O)[O-])[N+](C)(C)C)COC(=O)CCCCCCCCCCCCC. The molecule has 0 amide bonds. The molecule has 0 aromatic rings. The Kier molecular flexibility index (Phi) is 30.1. The van der Waals surface area contributed by atoms with Gasteiger partial charge in [-0.3, -0.25) is 9.59 Å². The number of likely N-dealkylation sites (N-methyl/N-ethyl adjacent to an activating group) is 1. The van der Waals surface area contributed by atoms with Gasteiger partial charge in [-0.15, -0.1) is 0 Å². The van der Waals surface area contributed by atoms with Gasteiger partial charge in [0.2, 0.25) is 0 Å². The molecular weight excluding hydrogens is 594 g/mol. The van der Waals surface area contributed by atoms with Crippen LogP contribution in [0, 0.1) is 0 Å². The van der Waals surface area contributed by atoms with E-state index >= 15 is 0 Å². The van der Waals surface area contributed by atoms with E-state index in [1.807, 2.05) is 0 Å². The number of aliphatic carboxylic acids is 1. The summed E-state index contributed by atoms with van der Waals surface area (Å²) in [7, 11) is 5.40. The van der Waals surface area contributed by atoms with Crippen LogP contribution < -0.4 is 5.11 Å². The number of rotatable bonds is 34. The Morgan fingerprint density at radius 1 is 0.617 bits per heavy atom. The molecule has 0 saturated heterocycles. The second-order valence-corrected chi connectivity index (χ2v) is 14.2. The minimum Gasteiger partial charge on any atom is -0.544 e. The van der Waals surface area contributed by atoms with Crippen LogP contribution in [0.1, 0.15) is 168 Å². The molecule has 0 aliphatic carbocycles. The average Bonchev–Trinajstić information content (AvgIpc) is 3.01. The molecule has 8 heteroatoms. The van der Waals surface area contributed by atoms with Crippen molar-refractivity contribution in [1.82, 2.24) is 0 Å². The minimum atomic E-state index is -1.13. The molecule has 0 aromatic heterocycles. The largest absolute Gasteiger partial charge is 0.544 e. The first kappa shape index (κ1) is 45.1. The highest BCUT2D eigenvalue weighted by molar-refractivity contribution is 5.70. The zero-order chi connectivity index (χ0) is 35.0. The van der Waals surface area contributed by atoms with Crippen LogP contribution in [0.4, 0.5) is 0 Å². The van der Waals surface area contributed by atoms with Crippen molar-refractivity contribution in [1.29, 1.82) is 0 Å². The standard InChI is InChI=1S/C39H73NO7/c1-6-8-10-12-14-16-18-20-22-24-26-28-30-38(42)47-35(33-45-32-31-36(39(43)44)40(3,4)5)34-46-37(41)29-27-25-23-21-19-17-15-13-11-9-7-2/h14,16,35-36H,6-13,15,17-34H2,1-5H3/b16-14-. The highest BCUT2D eigenvalue weighted by Crippen LogP contribution is 2.14. The van der Waals surface area contributed by atoms with E-state index in [-0.39, 0.29) is 42.7 Å². The van der Waals surface area contributed by atoms with Gasteiger partial charge in [-0.2, -0.15) is 0 Å². The molecule has 276 valence electrons. The number of hydrogen-bond acceptors (Lipinski definition) is 7. The molecule has 0 saturated carbocycles. The number of allylic oxidation sites excluding steroid dienone is 2. The number of esters is 2. The monoisotopic (exact) mass is 668 g/mol. The molecule has 47 heavy (non-hydrogen) atoms. The Morgan fingerprint density at radius 3 is 1.57 bits per heavy atom. The van der Waals surface area contributed by atoms with E-state index in [0.29, 0.717) is 12.8 Å². The van der Waals surface area contributed by atoms with Gasteiger partial charge in [0.05, 0.1) is 40.3 Å². The Bertz CT molecular complexity index is 793. The highest BCUT2D eigenvalue weighted by atomic mass is 16.6. The van der Waals surface area contributed by atoms with E-state index in [4.69, 9.17) is 14.2 Å². The van der Waals surface area contributed by atoms with Crippen LogP contribution in [0.25, 0.3) is 0 Å². The van der Waals surface area contributed by atoms with Gasteiger partial charge in [0.1, 0.15) is 12.6 Å². The maximum absolute atomic E-state index is 12.6. The lowest BCUT2D eigenvalue weighted by molar-refractivity contribution is -0.889. The zero-order valence-electron chi connectivity index (χ0n) is 31.2. The predicted octanol–water partition coefficient (Wildman–Crippen LogP) is 8.24. The van der Waals surface area contributed by atoms with Crippen LogP contribution in [-0.4, -0.2) is 75.5 Å². The summed E-state index contributed by atoms with van der Waals surface area (Å²) in [6.45, 7) is 4.61. The van der Waals surface area contributed by atoms with E-state index in [9.17, 15) is 19.5 Å². The Hall–Kier alpha value is -1.93. The lowest BCUT2D eigenvalue weighted by atomic mass is 10.1. The van der Waals surface area contributed by atoms with Gasteiger partial charge in [-0.05, 0) is 38.5 Å². The van der Waals surface area contributed by atoms with Crippen LogP contribution >= 0.6 is 0 Å². The number of carboxylic acids is 1. The molecule has 8 nitrogen and oxygen atoms in total. The van der Waals surface area contributed by atoms with Crippen molar-refractivity contribution < 1.29 is 38.2 Å².